The monoisotopic (exact) mass is 372 g/mol. The summed E-state index contributed by atoms with van der Waals surface area (Å²) in [6, 6.07) is 7.30. The van der Waals surface area contributed by atoms with Gasteiger partial charge in [-0.1, -0.05) is 17.7 Å². The minimum absolute atomic E-state index is 0.155. The number of carbonyl (C=O) groups excluding carboxylic acids is 1. The highest BCUT2D eigenvalue weighted by molar-refractivity contribution is 9.10. The molecule has 0 spiro atoms. The molecule has 6 heteroatoms. The summed E-state index contributed by atoms with van der Waals surface area (Å²) in [6.45, 7) is 0.155. The molecule has 0 saturated heterocycles. The molecular formula is C15H11BrClFO3. The fourth-order valence-electron chi connectivity index (χ4n) is 1.71. The Bertz CT molecular complexity index is 676. The van der Waals surface area contributed by atoms with Crippen molar-refractivity contribution in [3.05, 3.63) is 56.8 Å². The van der Waals surface area contributed by atoms with Gasteiger partial charge in [0.1, 0.15) is 12.4 Å². The van der Waals surface area contributed by atoms with Gasteiger partial charge in [-0.3, -0.25) is 4.79 Å². The van der Waals surface area contributed by atoms with Gasteiger partial charge in [0, 0.05) is 15.6 Å². The summed E-state index contributed by atoms with van der Waals surface area (Å²) in [5.74, 6) is 0.480. The van der Waals surface area contributed by atoms with Gasteiger partial charge >= 0.3 is 0 Å². The number of rotatable bonds is 5. The summed E-state index contributed by atoms with van der Waals surface area (Å²) in [5.41, 5.74) is 1.11. The molecule has 21 heavy (non-hydrogen) atoms. The van der Waals surface area contributed by atoms with Crippen molar-refractivity contribution in [2.75, 3.05) is 7.11 Å². The van der Waals surface area contributed by atoms with Gasteiger partial charge in [0.2, 0.25) is 0 Å². The molecule has 0 aromatic heterocycles. The van der Waals surface area contributed by atoms with Crippen LogP contribution >= 0.6 is 27.5 Å². The standard InChI is InChI=1S/C15H11BrClFO3/c1-20-14-4-10(7-19)12(16)6-15(14)21-8-9-2-3-11(18)5-13(9)17/h2-7H,8H2,1H3. The molecule has 110 valence electrons. The molecule has 2 aromatic rings. The molecule has 0 aliphatic heterocycles. The molecule has 0 radical (unpaired) electrons. The molecule has 2 aromatic carbocycles. The van der Waals surface area contributed by atoms with Gasteiger partial charge < -0.3 is 9.47 Å². The van der Waals surface area contributed by atoms with E-state index in [0.717, 1.165) is 0 Å². The van der Waals surface area contributed by atoms with E-state index in [1.54, 1.807) is 18.2 Å². The van der Waals surface area contributed by atoms with Crippen molar-refractivity contribution in [2.45, 2.75) is 6.61 Å². The number of methoxy groups -OCH3 is 1. The zero-order valence-corrected chi connectivity index (χ0v) is 13.4. The van der Waals surface area contributed by atoms with Crippen LogP contribution in [0.25, 0.3) is 0 Å². The molecule has 0 heterocycles. The smallest absolute Gasteiger partial charge is 0.162 e. The van der Waals surface area contributed by atoms with Crippen molar-refractivity contribution in [2.24, 2.45) is 0 Å². The van der Waals surface area contributed by atoms with Crippen LogP contribution in [0.2, 0.25) is 5.02 Å². The molecular weight excluding hydrogens is 363 g/mol. The fourth-order valence-corrected chi connectivity index (χ4v) is 2.35. The molecule has 0 saturated carbocycles. The highest BCUT2D eigenvalue weighted by atomic mass is 79.9. The van der Waals surface area contributed by atoms with E-state index in [4.69, 9.17) is 21.1 Å². The molecule has 3 nitrogen and oxygen atoms in total. The third-order valence-corrected chi connectivity index (χ3v) is 3.85. The highest BCUT2D eigenvalue weighted by Gasteiger charge is 2.11. The molecule has 0 fully saturated rings. The molecule has 2 rings (SSSR count). The van der Waals surface area contributed by atoms with Crippen molar-refractivity contribution in [3.63, 3.8) is 0 Å². The lowest BCUT2D eigenvalue weighted by molar-refractivity contribution is 0.112. The maximum Gasteiger partial charge on any atom is 0.162 e. The van der Waals surface area contributed by atoms with Gasteiger partial charge in [0.25, 0.3) is 0 Å². The lowest BCUT2D eigenvalue weighted by Crippen LogP contribution is -2.00. The zero-order valence-electron chi connectivity index (χ0n) is 11.0. The molecule has 0 unspecified atom stereocenters. The van der Waals surface area contributed by atoms with Gasteiger partial charge in [0.05, 0.1) is 12.1 Å². The Kier molecular flexibility index (Phi) is 5.20. The van der Waals surface area contributed by atoms with Crippen molar-refractivity contribution in [1.82, 2.24) is 0 Å². The van der Waals surface area contributed by atoms with Gasteiger partial charge in [0.15, 0.2) is 17.8 Å². The third kappa shape index (κ3) is 3.74. The van der Waals surface area contributed by atoms with Crippen LogP contribution in [0.1, 0.15) is 15.9 Å². The number of hydrogen-bond acceptors (Lipinski definition) is 3. The largest absolute Gasteiger partial charge is 0.493 e. The van der Waals surface area contributed by atoms with E-state index in [0.29, 0.717) is 33.4 Å². The second-order valence-electron chi connectivity index (χ2n) is 4.17. The average Bonchev–Trinajstić information content (AvgIpc) is 2.46. The third-order valence-electron chi connectivity index (χ3n) is 2.81. The Balaban J connectivity index is 2.23. The number of carbonyl (C=O) groups is 1. The average molecular weight is 374 g/mol. The van der Waals surface area contributed by atoms with Gasteiger partial charge in [-0.05, 0) is 40.2 Å². The van der Waals surface area contributed by atoms with Crippen molar-refractivity contribution >= 4 is 33.8 Å². The lowest BCUT2D eigenvalue weighted by Gasteiger charge is -2.13. The molecule has 0 amide bonds. The fraction of sp³-hybridized carbons (Fsp3) is 0.133. The van der Waals surface area contributed by atoms with Crippen LogP contribution in [0.5, 0.6) is 11.5 Å². The van der Waals surface area contributed by atoms with Crippen LogP contribution in [-0.2, 0) is 6.61 Å². The Morgan fingerprint density at radius 2 is 2.05 bits per heavy atom. The first-order valence-corrected chi connectivity index (χ1v) is 7.11. The number of ether oxygens (including phenoxy) is 2. The van der Waals surface area contributed by atoms with Crippen LogP contribution in [-0.4, -0.2) is 13.4 Å². The predicted octanol–water partition coefficient (Wildman–Crippen LogP) is 4.64. The Hall–Kier alpha value is -1.59. The summed E-state index contributed by atoms with van der Waals surface area (Å²) in [7, 11) is 1.48. The maximum atomic E-state index is 13.0. The van der Waals surface area contributed by atoms with E-state index >= 15 is 0 Å². The van der Waals surface area contributed by atoms with Gasteiger partial charge in [-0.2, -0.15) is 0 Å². The summed E-state index contributed by atoms with van der Waals surface area (Å²) in [4.78, 5) is 10.9. The predicted molar refractivity (Wildman–Crippen MR) is 81.8 cm³/mol. The van der Waals surface area contributed by atoms with Crippen molar-refractivity contribution in [3.8, 4) is 11.5 Å². The van der Waals surface area contributed by atoms with E-state index in [2.05, 4.69) is 15.9 Å². The number of halogens is 3. The summed E-state index contributed by atoms with van der Waals surface area (Å²) >= 11 is 9.22. The number of aldehydes is 1. The van der Waals surface area contributed by atoms with Crippen LogP contribution in [0.4, 0.5) is 4.39 Å². The zero-order chi connectivity index (χ0) is 15.4. The first-order valence-electron chi connectivity index (χ1n) is 5.94. The van der Waals surface area contributed by atoms with Crippen molar-refractivity contribution < 1.29 is 18.7 Å². The SMILES string of the molecule is COc1cc(C=O)c(Br)cc1OCc1ccc(F)cc1Cl. The maximum absolute atomic E-state index is 13.0. The molecule has 0 aliphatic rings. The molecule has 0 N–H and O–H groups in total. The van der Waals surface area contributed by atoms with E-state index in [9.17, 15) is 9.18 Å². The van der Waals surface area contributed by atoms with Crippen LogP contribution in [0, 0.1) is 5.82 Å². The quantitative estimate of drug-likeness (QED) is 0.716. The Morgan fingerprint density at radius 3 is 2.67 bits per heavy atom. The minimum Gasteiger partial charge on any atom is -0.493 e. The van der Waals surface area contributed by atoms with Gasteiger partial charge in [-0.25, -0.2) is 4.39 Å². The molecule has 0 aliphatic carbocycles. The van der Waals surface area contributed by atoms with E-state index in [1.165, 1.54) is 19.2 Å². The topological polar surface area (TPSA) is 35.5 Å². The van der Waals surface area contributed by atoms with Crippen LogP contribution in [0.15, 0.2) is 34.8 Å². The summed E-state index contributed by atoms with van der Waals surface area (Å²) < 4.78 is 24.4. The summed E-state index contributed by atoms with van der Waals surface area (Å²) in [6.07, 6.45) is 0.716. The van der Waals surface area contributed by atoms with Gasteiger partial charge in [-0.15, -0.1) is 0 Å². The van der Waals surface area contributed by atoms with Crippen LogP contribution < -0.4 is 9.47 Å². The molecule has 0 bridgehead atoms. The van der Waals surface area contributed by atoms with E-state index in [1.807, 2.05) is 0 Å². The first-order chi connectivity index (χ1) is 10.0. The van der Waals surface area contributed by atoms with Crippen LogP contribution in [0.3, 0.4) is 0 Å². The second-order valence-corrected chi connectivity index (χ2v) is 5.43. The van der Waals surface area contributed by atoms with Crippen molar-refractivity contribution in [1.29, 1.82) is 0 Å². The lowest BCUT2D eigenvalue weighted by atomic mass is 10.2. The number of hydrogen-bond donors (Lipinski definition) is 0. The number of benzene rings is 2. The molecule has 0 atom stereocenters. The van der Waals surface area contributed by atoms with E-state index in [-0.39, 0.29) is 11.6 Å². The first kappa shape index (κ1) is 15.8. The highest BCUT2D eigenvalue weighted by Crippen LogP contribution is 2.33. The minimum atomic E-state index is -0.403. The summed E-state index contributed by atoms with van der Waals surface area (Å²) in [5, 5.41) is 0.289. The second kappa shape index (κ2) is 6.91. The normalized spacial score (nSPS) is 10.3. The Morgan fingerprint density at radius 1 is 1.29 bits per heavy atom. The Labute approximate surface area is 134 Å². The van der Waals surface area contributed by atoms with E-state index < -0.39 is 5.82 Å².